The Morgan fingerprint density at radius 1 is 1.06 bits per heavy atom. The first-order valence-corrected chi connectivity index (χ1v) is 12.9. The quantitative estimate of drug-likeness (QED) is 0.444. The SMILES string of the molecule is CS(=O)(=O)N1CCc2cc(C(=O)NCc3cn(-c4ccccc4)nc3-c3ccc(F)cc3)ccc21. The van der Waals surface area contributed by atoms with Gasteiger partial charge in [-0.15, -0.1) is 0 Å². The van der Waals surface area contributed by atoms with E-state index in [2.05, 4.69) is 5.32 Å². The molecule has 0 unspecified atom stereocenters. The van der Waals surface area contributed by atoms with E-state index in [-0.39, 0.29) is 18.3 Å². The number of fused-ring (bicyclic) bond motifs is 1. The summed E-state index contributed by atoms with van der Waals surface area (Å²) >= 11 is 0. The molecular formula is C26H23FN4O3S. The Morgan fingerprint density at radius 2 is 1.80 bits per heavy atom. The van der Waals surface area contributed by atoms with Crippen LogP contribution in [0.2, 0.25) is 0 Å². The molecule has 4 aromatic rings. The number of sulfonamides is 1. The Hall–Kier alpha value is -3.98. The molecule has 1 aliphatic rings. The van der Waals surface area contributed by atoms with Crippen LogP contribution in [-0.2, 0) is 23.0 Å². The van der Waals surface area contributed by atoms with Gasteiger partial charge < -0.3 is 5.32 Å². The Balaban J connectivity index is 1.40. The van der Waals surface area contributed by atoms with E-state index >= 15 is 0 Å². The Labute approximate surface area is 202 Å². The maximum Gasteiger partial charge on any atom is 0.251 e. The lowest BCUT2D eigenvalue weighted by atomic mass is 10.1. The number of amides is 1. The van der Waals surface area contributed by atoms with Crippen molar-refractivity contribution in [3.63, 3.8) is 0 Å². The van der Waals surface area contributed by atoms with E-state index in [0.717, 1.165) is 22.4 Å². The van der Waals surface area contributed by atoms with Gasteiger partial charge in [0.1, 0.15) is 5.82 Å². The van der Waals surface area contributed by atoms with Gasteiger partial charge in [0.15, 0.2) is 0 Å². The van der Waals surface area contributed by atoms with Crippen molar-refractivity contribution in [3.8, 4) is 16.9 Å². The number of hydrogen-bond acceptors (Lipinski definition) is 4. The number of carbonyl (C=O) groups is 1. The van der Waals surface area contributed by atoms with Crippen LogP contribution in [0.3, 0.4) is 0 Å². The molecule has 7 nitrogen and oxygen atoms in total. The largest absolute Gasteiger partial charge is 0.348 e. The summed E-state index contributed by atoms with van der Waals surface area (Å²) in [6.07, 6.45) is 3.58. The van der Waals surface area contributed by atoms with E-state index < -0.39 is 10.0 Å². The fourth-order valence-corrected chi connectivity index (χ4v) is 5.20. The van der Waals surface area contributed by atoms with Crippen LogP contribution in [0.25, 0.3) is 16.9 Å². The van der Waals surface area contributed by atoms with E-state index in [1.165, 1.54) is 22.7 Å². The second kappa shape index (κ2) is 8.99. The summed E-state index contributed by atoms with van der Waals surface area (Å²) in [5, 5.41) is 7.63. The van der Waals surface area contributed by atoms with Gasteiger partial charge in [-0.2, -0.15) is 5.10 Å². The first-order chi connectivity index (χ1) is 16.8. The van der Waals surface area contributed by atoms with E-state index in [9.17, 15) is 17.6 Å². The Kier molecular flexibility index (Phi) is 5.86. The van der Waals surface area contributed by atoms with Crippen LogP contribution >= 0.6 is 0 Å². The third-order valence-electron chi connectivity index (χ3n) is 5.96. The normalized spacial score (nSPS) is 13.0. The molecule has 1 aromatic heterocycles. The van der Waals surface area contributed by atoms with Crippen LogP contribution in [0.4, 0.5) is 10.1 Å². The van der Waals surface area contributed by atoms with E-state index in [1.807, 2.05) is 36.5 Å². The number of halogens is 1. The molecular weight excluding hydrogens is 467 g/mol. The average molecular weight is 491 g/mol. The second-order valence-corrected chi connectivity index (χ2v) is 10.3. The minimum atomic E-state index is -3.35. The van der Waals surface area contributed by atoms with Crippen molar-refractivity contribution in [2.75, 3.05) is 17.1 Å². The highest BCUT2D eigenvalue weighted by Gasteiger charge is 2.26. The summed E-state index contributed by atoms with van der Waals surface area (Å²) in [4.78, 5) is 12.9. The molecule has 1 N–H and O–H groups in total. The first-order valence-electron chi connectivity index (χ1n) is 11.1. The Morgan fingerprint density at radius 3 is 2.51 bits per heavy atom. The molecule has 1 aliphatic heterocycles. The predicted molar refractivity (Wildman–Crippen MR) is 132 cm³/mol. The van der Waals surface area contributed by atoms with Crippen LogP contribution < -0.4 is 9.62 Å². The maximum atomic E-state index is 13.5. The van der Waals surface area contributed by atoms with Gasteiger partial charge in [-0.3, -0.25) is 9.10 Å². The number of hydrogen-bond donors (Lipinski definition) is 1. The molecule has 0 radical (unpaired) electrons. The van der Waals surface area contributed by atoms with Gasteiger partial charge in [0.05, 0.1) is 23.3 Å². The average Bonchev–Trinajstić information content (AvgIpc) is 3.48. The molecule has 0 aliphatic carbocycles. The van der Waals surface area contributed by atoms with Gasteiger partial charge in [-0.05, 0) is 66.6 Å². The number of nitrogens with zero attached hydrogens (tertiary/aromatic N) is 3. The summed E-state index contributed by atoms with van der Waals surface area (Å²) in [7, 11) is -3.35. The zero-order valence-corrected chi connectivity index (χ0v) is 19.8. The van der Waals surface area contributed by atoms with Gasteiger partial charge in [0, 0.05) is 36.0 Å². The summed E-state index contributed by atoms with van der Waals surface area (Å²) in [6, 6.07) is 20.7. The van der Waals surface area contributed by atoms with Crippen molar-refractivity contribution < 1.29 is 17.6 Å². The third kappa shape index (κ3) is 4.67. The van der Waals surface area contributed by atoms with Gasteiger partial charge in [0.2, 0.25) is 10.0 Å². The lowest BCUT2D eigenvalue weighted by Crippen LogP contribution is -2.27. The van der Waals surface area contributed by atoms with E-state index in [0.29, 0.717) is 29.9 Å². The number of rotatable bonds is 6. The Bertz CT molecular complexity index is 1500. The zero-order chi connectivity index (χ0) is 24.6. The maximum absolute atomic E-state index is 13.5. The van der Waals surface area contributed by atoms with Crippen LogP contribution in [0, 0.1) is 5.82 Å². The highest BCUT2D eigenvalue weighted by atomic mass is 32.2. The molecule has 1 amide bonds. The number of anilines is 1. The van der Waals surface area contributed by atoms with Crippen molar-refractivity contribution in [2.24, 2.45) is 0 Å². The highest BCUT2D eigenvalue weighted by Crippen LogP contribution is 2.31. The molecule has 0 atom stereocenters. The monoisotopic (exact) mass is 490 g/mol. The van der Waals surface area contributed by atoms with Crippen LogP contribution in [0.1, 0.15) is 21.5 Å². The second-order valence-electron chi connectivity index (χ2n) is 8.40. The molecule has 0 saturated heterocycles. The van der Waals surface area contributed by atoms with Crippen molar-refractivity contribution in [1.82, 2.24) is 15.1 Å². The summed E-state index contributed by atoms with van der Waals surface area (Å²) < 4.78 is 40.5. The fourth-order valence-electron chi connectivity index (χ4n) is 4.24. The molecule has 0 spiro atoms. The molecule has 35 heavy (non-hydrogen) atoms. The fraction of sp³-hybridized carbons (Fsp3) is 0.154. The van der Waals surface area contributed by atoms with Gasteiger partial charge >= 0.3 is 0 Å². The number of aromatic nitrogens is 2. The van der Waals surface area contributed by atoms with Crippen LogP contribution in [0.5, 0.6) is 0 Å². The third-order valence-corrected chi connectivity index (χ3v) is 7.14. The number of carbonyl (C=O) groups excluding carboxylic acids is 1. The number of nitrogens with one attached hydrogen (secondary N) is 1. The number of benzene rings is 3. The van der Waals surface area contributed by atoms with Crippen LogP contribution in [-0.4, -0.2) is 36.9 Å². The van der Waals surface area contributed by atoms with Crippen molar-refractivity contribution >= 4 is 21.6 Å². The first kappa shape index (κ1) is 22.8. The molecule has 0 bridgehead atoms. The topological polar surface area (TPSA) is 84.3 Å². The molecule has 9 heteroatoms. The van der Waals surface area contributed by atoms with Crippen molar-refractivity contribution in [3.05, 3.63) is 102 Å². The zero-order valence-electron chi connectivity index (χ0n) is 19.0. The standard InChI is InChI=1S/C26H23FN4O3S/c1-35(33,34)31-14-13-19-15-20(9-12-24(19)31)26(32)28-16-21-17-30(23-5-3-2-4-6-23)29-25(21)18-7-10-22(27)11-8-18/h2-12,15,17H,13-14,16H2,1H3,(H,28,32). The predicted octanol–water partition coefficient (Wildman–Crippen LogP) is 3.93. The van der Waals surface area contributed by atoms with Gasteiger partial charge in [-0.25, -0.2) is 17.5 Å². The van der Waals surface area contributed by atoms with Crippen molar-refractivity contribution in [1.29, 1.82) is 0 Å². The molecule has 0 saturated carbocycles. The molecule has 178 valence electrons. The highest BCUT2D eigenvalue weighted by molar-refractivity contribution is 7.92. The minimum absolute atomic E-state index is 0.213. The van der Waals surface area contributed by atoms with Crippen molar-refractivity contribution in [2.45, 2.75) is 13.0 Å². The minimum Gasteiger partial charge on any atom is -0.348 e. The van der Waals surface area contributed by atoms with Gasteiger partial charge in [0.25, 0.3) is 5.91 Å². The molecule has 5 rings (SSSR count). The smallest absolute Gasteiger partial charge is 0.251 e. The van der Waals surface area contributed by atoms with Crippen LogP contribution in [0.15, 0.2) is 79.0 Å². The lowest BCUT2D eigenvalue weighted by Gasteiger charge is -2.16. The van der Waals surface area contributed by atoms with E-state index in [4.69, 9.17) is 5.10 Å². The van der Waals surface area contributed by atoms with Gasteiger partial charge in [-0.1, -0.05) is 18.2 Å². The lowest BCUT2D eigenvalue weighted by molar-refractivity contribution is 0.0951. The molecule has 0 fully saturated rings. The molecule has 2 heterocycles. The number of para-hydroxylation sites is 1. The summed E-state index contributed by atoms with van der Waals surface area (Å²) in [5.41, 5.74) is 4.92. The van der Waals surface area contributed by atoms with E-state index in [1.54, 1.807) is 35.0 Å². The summed E-state index contributed by atoms with van der Waals surface area (Å²) in [6.45, 7) is 0.587. The summed E-state index contributed by atoms with van der Waals surface area (Å²) in [5.74, 6) is -0.611. The molecule has 3 aromatic carbocycles.